The SMILES string of the molecule is CCCC(C(C)CC)C1(CC2CCC2)CC1C1(C2CC2)CCCC1N. The maximum absolute atomic E-state index is 6.88. The van der Waals surface area contributed by atoms with Crippen LogP contribution in [0.4, 0.5) is 0 Å². The van der Waals surface area contributed by atoms with E-state index in [2.05, 4.69) is 20.8 Å². The normalized spacial score (nSPS) is 43.7. The number of hydrogen-bond donors (Lipinski definition) is 1. The molecule has 0 amide bonds. The Hall–Kier alpha value is -0.0400. The van der Waals surface area contributed by atoms with Gasteiger partial charge >= 0.3 is 0 Å². The summed E-state index contributed by atoms with van der Waals surface area (Å²) in [6, 6.07) is 0.521. The van der Waals surface area contributed by atoms with E-state index in [1.54, 1.807) is 12.8 Å². The monoisotopic (exact) mass is 345 g/mol. The van der Waals surface area contributed by atoms with Crippen LogP contribution in [0.25, 0.3) is 0 Å². The van der Waals surface area contributed by atoms with Gasteiger partial charge in [-0.2, -0.15) is 0 Å². The molecule has 6 unspecified atom stereocenters. The smallest absolute Gasteiger partial charge is 0.0101 e. The third-order valence-electron chi connectivity index (χ3n) is 9.48. The second kappa shape index (κ2) is 6.84. The molecule has 0 heterocycles. The number of hydrogen-bond acceptors (Lipinski definition) is 1. The Labute approximate surface area is 156 Å². The molecule has 0 aromatic heterocycles. The third kappa shape index (κ3) is 2.91. The highest BCUT2D eigenvalue weighted by molar-refractivity contribution is 5.20. The fourth-order valence-electron chi connectivity index (χ4n) is 7.73. The van der Waals surface area contributed by atoms with E-state index in [-0.39, 0.29) is 0 Å². The fraction of sp³-hybridized carbons (Fsp3) is 1.00. The summed E-state index contributed by atoms with van der Waals surface area (Å²) in [4.78, 5) is 0. The zero-order chi connectivity index (χ0) is 17.7. The Morgan fingerprint density at radius 3 is 2.28 bits per heavy atom. The Bertz CT molecular complexity index is 465. The van der Waals surface area contributed by atoms with Gasteiger partial charge in [0, 0.05) is 6.04 Å². The van der Waals surface area contributed by atoms with Crippen molar-refractivity contribution >= 4 is 0 Å². The molecule has 4 saturated carbocycles. The van der Waals surface area contributed by atoms with Crippen molar-refractivity contribution in [3.63, 3.8) is 0 Å². The van der Waals surface area contributed by atoms with Crippen LogP contribution >= 0.6 is 0 Å². The lowest BCUT2D eigenvalue weighted by molar-refractivity contribution is 0.0648. The summed E-state index contributed by atoms with van der Waals surface area (Å²) >= 11 is 0. The van der Waals surface area contributed by atoms with Crippen molar-refractivity contribution in [2.24, 2.45) is 46.2 Å². The molecule has 0 spiro atoms. The molecule has 144 valence electrons. The van der Waals surface area contributed by atoms with Gasteiger partial charge in [0.2, 0.25) is 0 Å². The summed E-state index contributed by atoms with van der Waals surface area (Å²) in [6.45, 7) is 7.41. The number of nitrogens with two attached hydrogens (primary N) is 1. The van der Waals surface area contributed by atoms with Crippen LogP contribution in [0.3, 0.4) is 0 Å². The molecule has 0 aromatic rings. The molecule has 4 rings (SSSR count). The standard InChI is InChI=1S/C24H43N/c1-4-8-20(17(3)5-2)23(15-18-9-6-10-18)16-21(23)24(19-12-13-19)14-7-11-22(24)25/h17-22H,4-16,25H2,1-3H3. The molecule has 2 N–H and O–H groups in total. The highest BCUT2D eigenvalue weighted by Gasteiger charge is 2.71. The first kappa shape index (κ1) is 18.3. The highest BCUT2D eigenvalue weighted by Crippen LogP contribution is 2.77. The molecule has 4 aliphatic rings. The average Bonchev–Trinajstić information content (AvgIpc) is 3.49. The van der Waals surface area contributed by atoms with E-state index in [0.29, 0.717) is 16.9 Å². The summed E-state index contributed by atoms with van der Waals surface area (Å²) in [7, 11) is 0. The van der Waals surface area contributed by atoms with Crippen molar-refractivity contribution in [3.05, 3.63) is 0 Å². The molecule has 25 heavy (non-hydrogen) atoms. The van der Waals surface area contributed by atoms with Crippen molar-refractivity contribution in [2.75, 3.05) is 0 Å². The Balaban J connectivity index is 1.63. The first-order valence-electron chi connectivity index (χ1n) is 11.8. The topological polar surface area (TPSA) is 26.0 Å². The van der Waals surface area contributed by atoms with Crippen molar-refractivity contribution < 1.29 is 0 Å². The van der Waals surface area contributed by atoms with Crippen LogP contribution < -0.4 is 5.73 Å². The zero-order valence-electron chi connectivity index (χ0n) is 17.2. The maximum atomic E-state index is 6.88. The van der Waals surface area contributed by atoms with Crippen LogP contribution in [0.15, 0.2) is 0 Å². The van der Waals surface area contributed by atoms with Gasteiger partial charge in [-0.05, 0) is 85.4 Å². The van der Waals surface area contributed by atoms with Crippen molar-refractivity contribution in [1.82, 2.24) is 0 Å². The van der Waals surface area contributed by atoms with Crippen LogP contribution in [0, 0.1) is 40.4 Å². The minimum atomic E-state index is 0.521. The largest absolute Gasteiger partial charge is 0.327 e. The molecule has 1 heteroatoms. The van der Waals surface area contributed by atoms with E-state index in [0.717, 1.165) is 29.6 Å². The van der Waals surface area contributed by atoms with E-state index in [1.165, 1.54) is 70.6 Å². The van der Waals surface area contributed by atoms with Gasteiger partial charge in [-0.3, -0.25) is 0 Å². The summed E-state index contributed by atoms with van der Waals surface area (Å²) in [6.07, 6.45) is 19.0. The minimum absolute atomic E-state index is 0.521. The Morgan fingerprint density at radius 1 is 1.04 bits per heavy atom. The van der Waals surface area contributed by atoms with Gasteiger partial charge in [-0.1, -0.05) is 59.3 Å². The molecular formula is C24H43N. The predicted octanol–water partition coefficient (Wildman–Crippen LogP) is 6.55. The van der Waals surface area contributed by atoms with Crippen molar-refractivity contribution in [1.29, 1.82) is 0 Å². The lowest BCUT2D eigenvalue weighted by Crippen LogP contribution is -2.44. The van der Waals surface area contributed by atoms with Crippen LogP contribution in [-0.2, 0) is 0 Å². The molecular weight excluding hydrogens is 302 g/mol. The predicted molar refractivity (Wildman–Crippen MR) is 107 cm³/mol. The lowest BCUT2D eigenvalue weighted by atomic mass is 9.62. The highest BCUT2D eigenvalue weighted by atomic mass is 14.8. The molecule has 0 saturated heterocycles. The van der Waals surface area contributed by atoms with Gasteiger partial charge in [-0.25, -0.2) is 0 Å². The summed E-state index contributed by atoms with van der Waals surface area (Å²) in [5, 5.41) is 0. The summed E-state index contributed by atoms with van der Waals surface area (Å²) in [5.41, 5.74) is 8.12. The van der Waals surface area contributed by atoms with Gasteiger partial charge in [0.1, 0.15) is 0 Å². The van der Waals surface area contributed by atoms with Crippen LogP contribution in [0.1, 0.15) is 104 Å². The molecule has 6 atom stereocenters. The second-order valence-corrected chi connectivity index (χ2v) is 10.7. The van der Waals surface area contributed by atoms with E-state index in [1.807, 2.05) is 0 Å². The number of rotatable bonds is 9. The van der Waals surface area contributed by atoms with E-state index < -0.39 is 0 Å². The van der Waals surface area contributed by atoms with Crippen molar-refractivity contribution in [2.45, 2.75) is 110 Å². The molecule has 0 aromatic carbocycles. The minimum Gasteiger partial charge on any atom is -0.327 e. The molecule has 0 bridgehead atoms. The van der Waals surface area contributed by atoms with Gasteiger partial charge in [0.25, 0.3) is 0 Å². The summed E-state index contributed by atoms with van der Waals surface area (Å²) in [5.74, 6) is 4.91. The lowest BCUT2D eigenvalue weighted by Gasteiger charge is -2.43. The average molecular weight is 346 g/mol. The van der Waals surface area contributed by atoms with Gasteiger partial charge in [0.05, 0.1) is 0 Å². The van der Waals surface area contributed by atoms with Crippen LogP contribution in [0.2, 0.25) is 0 Å². The molecule has 4 aliphatic carbocycles. The van der Waals surface area contributed by atoms with Gasteiger partial charge < -0.3 is 5.73 Å². The molecule has 0 radical (unpaired) electrons. The summed E-state index contributed by atoms with van der Waals surface area (Å²) < 4.78 is 0. The molecule has 4 fully saturated rings. The van der Waals surface area contributed by atoms with Crippen LogP contribution in [-0.4, -0.2) is 6.04 Å². The zero-order valence-corrected chi connectivity index (χ0v) is 17.2. The second-order valence-electron chi connectivity index (χ2n) is 10.7. The van der Waals surface area contributed by atoms with Gasteiger partial charge in [0.15, 0.2) is 0 Å². The van der Waals surface area contributed by atoms with E-state index in [4.69, 9.17) is 5.73 Å². The molecule has 1 nitrogen and oxygen atoms in total. The maximum Gasteiger partial charge on any atom is 0.0101 e. The third-order valence-corrected chi connectivity index (χ3v) is 9.48. The van der Waals surface area contributed by atoms with E-state index >= 15 is 0 Å². The van der Waals surface area contributed by atoms with Crippen LogP contribution in [0.5, 0.6) is 0 Å². The Morgan fingerprint density at radius 2 is 1.80 bits per heavy atom. The fourth-order valence-corrected chi connectivity index (χ4v) is 7.73. The van der Waals surface area contributed by atoms with E-state index in [9.17, 15) is 0 Å². The van der Waals surface area contributed by atoms with Crippen molar-refractivity contribution in [3.8, 4) is 0 Å². The first-order chi connectivity index (χ1) is 12.1. The van der Waals surface area contributed by atoms with Gasteiger partial charge in [-0.15, -0.1) is 0 Å². The quantitative estimate of drug-likeness (QED) is 0.503. The Kier molecular flexibility index (Phi) is 5.02. The molecule has 0 aliphatic heterocycles. The first-order valence-corrected chi connectivity index (χ1v) is 11.8.